The zero-order chi connectivity index (χ0) is 18.7. The summed E-state index contributed by atoms with van der Waals surface area (Å²) < 4.78 is 0. The average molecular weight is 397 g/mol. The van der Waals surface area contributed by atoms with Crippen LogP contribution in [0.1, 0.15) is 71.6 Å². The van der Waals surface area contributed by atoms with Gasteiger partial charge in [-0.1, -0.05) is 18.6 Å². The van der Waals surface area contributed by atoms with E-state index < -0.39 is 5.60 Å². The van der Waals surface area contributed by atoms with Crippen LogP contribution in [0.15, 0.2) is 11.6 Å². The van der Waals surface area contributed by atoms with Crippen molar-refractivity contribution in [2.24, 2.45) is 28.6 Å². The van der Waals surface area contributed by atoms with Gasteiger partial charge in [0.2, 0.25) is 0 Å². The summed E-state index contributed by atoms with van der Waals surface area (Å²) >= 11 is 9.37. The van der Waals surface area contributed by atoms with Crippen LogP contribution in [0.25, 0.3) is 0 Å². The van der Waals surface area contributed by atoms with E-state index in [1.54, 1.807) is 0 Å². The van der Waals surface area contributed by atoms with Gasteiger partial charge in [0.15, 0.2) is 0 Å². The van der Waals surface area contributed by atoms with Crippen molar-refractivity contribution in [3.05, 3.63) is 11.6 Å². The van der Waals surface area contributed by atoms with Crippen LogP contribution in [0, 0.1) is 28.6 Å². The minimum Gasteiger partial charge on any atom is -0.390 e. The van der Waals surface area contributed by atoms with Crippen LogP contribution < -0.4 is 0 Å². The molecule has 2 nitrogen and oxygen atoms in total. The maximum absolute atomic E-state index is 11.1. The zero-order valence-corrected chi connectivity index (χ0v) is 18.1. The van der Waals surface area contributed by atoms with Crippen molar-refractivity contribution in [2.45, 2.75) is 88.6 Å². The minimum absolute atomic E-state index is 0.0780. The first-order valence-electron chi connectivity index (χ1n) is 10.6. The van der Waals surface area contributed by atoms with Gasteiger partial charge in [-0.2, -0.15) is 25.3 Å². The highest BCUT2D eigenvalue weighted by molar-refractivity contribution is 7.84. The van der Waals surface area contributed by atoms with Crippen LogP contribution in [-0.4, -0.2) is 32.9 Å². The molecular formula is C22H36O2S2. The van der Waals surface area contributed by atoms with Crippen molar-refractivity contribution in [3.63, 3.8) is 0 Å². The average Bonchev–Trinajstić information content (AvgIpc) is 2.85. The maximum Gasteiger partial charge on any atom is 0.0724 e. The third-order valence-corrected chi connectivity index (χ3v) is 10.3. The monoisotopic (exact) mass is 396 g/mol. The lowest BCUT2D eigenvalue weighted by molar-refractivity contribution is -0.122. The molecule has 4 aliphatic rings. The number of aliphatic hydroxyl groups is 2. The van der Waals surface area contributed by atoms with Crippen LogP contribution in [0.3, 0.4) is 0 Å². The third kappa shape index (κ3) is 2.76. The molecule has 2 N–H and O–H groups in total. The van der Waals surface area contributed by atoms with Crippen molar-refractivity contribution < 1.29 is 10.2 Å². The van der Waals surface area contributed by atoms with Crippen LogP contribution in [0.5, 0.6) is 0 Å². The highest BCUT2D eigenvalue weighted by Gasteiger charge is 2.63. The minimum atomic E-state index is -0.508. The van der Waals surface area contributed by atoms with Crippen molar-refractivity contribution in [3.8, 4) is 0 Å². The van der Waals surface area contributed by atoms with E-state index in [9.17, 15) is 10.2 Å². The molecule has 0 aromatic carbocycles. The SMILES string of the molecule is CC1(O)CC[C@H]2[C@@H]3CCC4=CC(O)CC[C@]4(CC(S)CS)[C@@H]3CC[C@@]21C. The molecule has 0 radical (unpaired) electrons. The van der Waals surface area contributed by atoms with E-state index >= 15 is 0 Å². The first-order chi connectivity index (χ1) is 12.2. The maximum atomic E-state index is 11.1. The van der Waals surface area contributed by atoms with Crippen LogP contribution in [0.4, 0.5) is 0 Å². The molecule has 0 saturated heterocycles. The van der Waals surface area contributed by atoms with Crippen molar-refractivity contribution in [1.82, 2.24) is 0 Å². The van der Waals surface area contributed by atoms with Gasteiger partial charge in [0.1, 0.15) is 0 Å². The number of allylic oxidation sites excluding steroid dienone is 1. The highest BCUT2D eigenvalue weighted by Crippen LogP contribution is 2.68. The Hall–Kier alpha value is 0.360. The van der Waals surface area contributed by atoms with E-state index in [0.717, 1.165) is 50.2 Å². The molecule has 0 spiro atoms. The number of hydrogen-bond acceptors (Lipinski definition) is 4. The van der Waals surface area contributed by atoms with E-state index in [4.69, 9.17) is 12.6 Å². The number of rotatable bonds is 3. The lowest BCUT2D eigenvalue weighted by Gasteiger charge is -2.60. The summed E-state index contributed by atoms with van der Waals surface area (Å²) in [5, 5.41) is 21.7. The smallest absolute Gasteiger partial charge is 0.0724 e. The first kappa shape index (κ1) is 19.7. The molecule has 0 heterocycles. The van der Waals surface area contributed by atoms with Gasteiger partial charge in [-0.15, -0.1) is 0 Å². The second-order valence-corrected chi connectivity index (χ2v) is 11.3. The lowest BCUT2D eigenvalue weighted by atomic mass is 9.45. The standard InChI is InChI=1S/C22H36O2S2/c1-20-8-6-19-17(18(20)7-9-21(20,2)24)4-3-14-11-15(23)5-10-22(14,19)12-16(26)13-25/h11,15-19,23-26H,3-10,12-13H2,1-2H3/t15?,16?,17-,18-,19+,20-,21?,22+/m0/s1. The number of thiol groups is 2. The van der Waals surface area contributed by atoms with Gasteiger partial charge in [-0.3, -0.25) is 0 Å². The summed E-state index contributed by atoms with van der Waals surface area (Å²) in [5.74, 6) is 2.87. The second-order valence-electron chi connectivity index (χ2n) is 10.2. The van der Waals surface area contributed by atoms with Gasteiger partial charge in [0, 0.05) is 11.0 Å². The Labute approximate surface area is 170 Å². The van der Waals surface area contributed by atoms with Gasteiger partial charge in [0.05, 0.1) is 11.7 Å². The van der Waals surface area contributed by atoms with E-state index in [0.29, 0.717) is 17.1 Å². The molecule has 4 rings (SSSR count). The van der Waals surface area contributed by atoms with E-state index in [2.05, 4.69) is 32.6 Å². The van der Waals surface area contributed by atoms with Crippen LogP contribution >= 0.6 is 25.3 Å². The fourth-order valence-corrected chi connectivity index (χ4v) is 8.07. The molecule has 8 atom stereocenters. The molecule has 4 heteroatoms. The molecule has 3 unspecified atom stereocenters. The van der Waals surface area contributed by atoms with Crippen LogP contribution in [-0.2, 0) is 0 Å². The Bertz CT molecular complexity index is 589. The topological polar surface area (TPSA) is 40.5 Å². The van der Waals surface area contributed by atoms with Gasteiger partial charge in [0.25, 0.3) is 0 Å². The summed E-state index contributed by atoms with van der Waals surface area (Å²) in [6.07, 6.45) is 11.9. The van der Waals surface area contributed by atoms with Crippen molar-refractivity contribution in [2.75, 3.05) is 5.75 Å². The fraction of sp³-hybridized carbons (Fsp3) is 0.909. The summed E-state index contributed by atoms with van der Waals surface area (Å²) in [5.41, 5.74) is 1.31. The Morgan fingerprint density at radius 2 is 1.85 bits per heavy atom. The molecule has 0 aromatic rings. The quantitative estimate of drug-likeness (QED) is 0.414. The largest absolute Gasteiger partial charge is 0.390 e. The molecule has 4 aliphatic carbocycles. The second kappa shape index (κ2) is 6.71. The summed E-state index contributed by atoms with van der Waals surface area (Å²) in [6.45, 7) is 4.44. The summed E-state index contributed by atoms with van der Waals surface area (Å²) in [7, 11) is 0. The predicted octanol–water partition coefficient (Wildman–Crippen LogP) is 4.66. The first-order valence-corrected chi connectivity index (χ1v) is 11.8. The normalized spacial score (nSPS) is 51.8. The van der Waals surface area contributed by atoms with Gasteiger partial charge in [-0.25, -0.2) is 0 Å². The van der Waals surface area contributed by atoms with Crippen molar-refractivity contribution >= 4 is 25.3 Å². The van der Waals surface area contributed by atoms with E-state index in [-0.39, 0.29) is 16.9 Å². The molecule has 148 valence electrons. The predicted molar refractivity (Wildman–Crippen MR) is 114 cm³/mol. The molecule has 0 aromatic heterocycles. The van der Waals surface area contributed by atoms with Gasteiger partial charge >= 0.3 is 0 Å². The number of hydrogen-bond donors (Lipinski definition) is 4. The van der Waals surface area contributed by atoms with E-state index in [1.165, 1.54) is 24.8 Å². The van der Waals surface area contributed by atoms with E-state index in [1.807, 2.05) is 0 Å². The zero-order valence-electron chi connectivity index (χ0n) is 16.3. The Morgan fingerprint density at radius 1 is 1.12 bits per heavy atom. The third-order valence-electron chi connectivity index (χ3n) is 9.19. The molecule has 3 fully saturated rings. The number of fused-ring (bicyclic) bond motifs is 5. The lowest BCUT2D eigenvalue weighted by Crippen LogP contribution is -2.55. The van der Waals surface area contributed by atoms with Crippen molar-refractivity contribution in [1.29, 1.82) is 0 Å². The summed E-state index contributed by atoms with van der Waals surface area (Å²) in [4.78, 5) is 0. The fourth-order valence-electron chi connectivity index (χ4n) is 7.61. The van der Waals surface area contributed by atoms with Gasteiger partial charge in [-0.05, 0) is 93.3 Å². The summed E-state index contributed by atoms with van der Waals surface area (Å²) in [6, 6.07) is 0. The van der Waals surface area contributed by atoms with Gasteiger partial charge < -0.3 is 10.2 Å². The molecule has 0 bridgehead atoms. The molecule has 3 saturated carbocycles. The molecular weight excluding hydrogens is 360 g/mol. The Balaban J connectivity index is 1.71. The molecule has 0 amide bonds. The number of aliphatic hydroxyl groups excluding tert-OH is 1. The van der Waals surface area contributed by atoms with Crippen LogP contribution in [0.2, 0.25) is 0 Å². The highest BCUT2D eigenvalue weighted by atomic mass is 32.1. The molecule has 26 heavy (non-hydrogen) atoms. The molecule has 0 aliphatic heterocycles. The Morgan fingerprint density at radius 3 is 2.58 bits per heavy atom. The Kier molecular flexibility index (Phi) is 5.08.